The van der Waals surface area contributed by atoms with Crippen molar-refractivity contribution in [1.29, 1.82) is 0 Å². The van der Waals surface area contributed by atoms with Crippen molar-refractivity contribution in [1.82, 2.24) is 19.7 Å². The highest BCUT2D eigenvalue weighted by atomic mass is 19.1. The molecule has 5 rings (SSSR count). The van der Waals surface area contributed by atoms with Crippen molar-refractivity contribution in [2.75, 3.05) is 14.2 Å². The number of Topliss-reactive ketones (excluding diaryl/α,β-unsaturated/α-hetero) is 1. The quantitative estimate of drug-likeness (QED) is 0.184. The van der Waals surface area contributed by atoms with Gasteiger partial charge in [-0.05, 0) is 68.8 Å². The predicted octanol–water partition coefficient (Wildman–Crippen LogP) is 6.20. The third-order valence-electron chi connectivity index (χ3n) is 6.72. The molecule has 42 heavy (non-hydrogen) atoms. The average molecular weight is 569 g/mol. The molecule has 0 atom stereocenters. The fourth-order valence-corrected chi connectivity index (χ4v) is 4.43. The Labute approximate surface area is 241 Å². The van der Waals surface area contributed by atoms with Crippen molar-refractivity contribution >= 4 is 16.7 Å². The van der Waals surface area contributed by atoms with Crippen LogP contribution in [-0.4, -0.2) is 39.8 Å². The van der Waals surface area contributed by atoms with Gasteiger partial charge in [0.25, 0.3) is 0 Å². The summed E-state index contributed by atoms with van der Waals surface area (Å²) in [5, 5.41) is 5.15. The molecule has 3 aromatic heterocycles. The number of carbonyl (C=O) groups is 1. The lowest BCUT2D eigenvalue weighted by Crippen LogP contribution is -2.24. The Bertz CT molecular complexity index is 1800. The number of ketones is 1. The van der Waals surface area contributed by atoms with E-state index in [1.807, 2.05) is 13.8 Å². The Hall–Kier alpha value is -5.12. The third kappa shape index (κ3) is 5.97. The normalized spacial score (nSPS) is 11.1. The molecule has 0 saturated heterocycles. The van der Waals surface area contributed by atoms with Crippen LogP contribution >= 0.6 is 0 Å². The van der Waals surface area contributed by atoms with E-state index in [0.717, 1.165) is 5.39 Å². The van der Waals surface area contributed by atoms with Gasteiger partial charge >= 0.3 is 0 Å². The molecule has 2 aromatic carbocycles. The largest absolute Gasteiger partial charge is 0.493 e. The van der Waals surface area contributed by atoms with Crippen LogP contribution in [0.25, 0.3) is 22.2 Å². The summed E-state index contributed by atoms with van der Waals surface area (Å²) in [5.74, 6) is 1.45. The minimum Gasteiger partial charge on any atom is -0.493 e. The average Bonchev–Trinajstić information content (AvgIpc) is 3.00. The first kappa shape index (κ1) is 28.4. The molecule has 5 aromatic rings. The summed E-state index contributed by atoms with van der Waals surface area (Å²) in [5.41, 5.74) is 1.45. The second-order valence-electron chi connectivity index (χ2n) is 9.85. The zero-order valence-electron chi connectivity index (χ0n) is 23.6. The van der Waals surface area contributed by atoms with Crippen LogP contribution in [-0.2, 0) is 6.42 Å². The number of ether oxygens (including phenoxy) is 3. The molecule has 0 spiro atoms. The van der Waals surface area contributed by atoms with E-state index in [1.165, 1.54) is 30.5 Å². The molecule has 0 aliphatic rings. The highest BCUT2D eigenvalue weighted by Crippen LogP contribution is 2.36. The number of aryl methyl sites for hydroxylation is 1. The number of halogens is 1. The van der Waals surface area contributed by atoms with Crippen molar-refractivity contribution in [3.05, 3.63) is 100 Å². The first-order valence-electron chi connectivity index (χ1n) is 13.3. The molecule has 9 nitrogen and oxygen atoms in total. The minimum atomic E-state index is -0.487. The maximum Gasteiger partial charge on any atom is 0.218 e. The van der Waals surface area contributed by atoms with E-state index in [4.69, 9.17) is 14.2 Å². The van der Waals surface area contributed by atoms with Crippen molar-refractivity contribution in [3.8, 4) is 34.3 Å². The fourth-order valence-electron chi connectivity index (χ4n) is 4.43. The van der Waals surface area contributed by atoms with Crippen LogP contribution in [0.3, 0.4) is 0 Å². The fraction of sp³-hybridized carbons (Fsp3) is 0.219. The maximum atomic E-state index is 13.4. The summed E-state index contributed by atoms with van der Waals surface area (Å²) >= 11 is 0. The van der Waals surface area contributed by atoms with Gasteiger partial charge in [-0.3, -0.25) is 24.2 Å². The number of nitrogens with zero attached hydrogens (tertiary/aromatic N) is 4. The molecular formula is C32H29FN4O5. The third-order valence-corrected chi connectivity index (χ3v) is 6.72. The summed E-state index contributed by atoms with van der Waals surface area (Å²) < 4.78 is 31.9. The maximum absolute atomic E-state index is 13.4. The molecule has 0 fully saturated rings. The van der Waals surface area contributed by atoms with Crippen LogP contribution in [0.4, 0.5) is 4.39 Å². The van der Waals surface area contributed by atoms with Crippen LogP contribution in [0.2, 0.25) is 0 Å². The van der Waals surface area contributed by atoms with Gasteiger partial charge in [-0.1, -0.05) is 0 Å². The first-order valence-corrected chi connectivity index (χ1v) is 13.3. The van der Waals surface area contributed by atoms with Crippen molar-refractivity contribution in [3.63, 3.8) is 0 Å². The van der Waals surface area contributed by atoms with Gasteiger partial charge in [0.2, 0.25) is 5.43 Å². The van der Waals surface area contributed by atoms with E-state index in [-0.39, 0.29) is 29.5 Å². The summed E-state index contributed by atoms with van der Waals surface area (Å²) in [7, 11) is 3.13. The van der Waals surface area contributed by atoms with Gasteiger partial charge in [-0.2, -0.15) is 5.10 Å². The van der Waals surface area contributed by atoms with Gasteiger partial charge in [0.1, 0.15) is 23.0 Å². The van der Waals surface area contributed by atoms with E-state index in [0.29, 0.717) is 46.2 Å². The number of pyridine rings is 2. The number of hydrogen-bond acceptors (Lipinski definition) is 8. The molecule has 0 aliphatic heterocycles. The van der Waals surface area contributed by atoms with Crippen LogP contribution in [0.1, 0.15) is 42.4 Å². The Morgan fingerprint density at radius 3 is 2.36 bits per heavy atom. The van der Waals surface area contributed by atoms with Crippen molar-refractivity contribution < 1.29 is 23.4 Å². The lowest BCUT2D eigenvalue weighted by Gasteiger charge is -2.13. The Morgan fingerprint density at radius 2 is 1.69 bits per heavy atom. The minimum absolute atomic E-state index is 0.0367. The molecular weight excluding hydrogens is 539 g/mol. The monoisotopic (exact) mass is 568 g/mol. The second-order valence-corrected chi connectivity index (χ2v) is 9.85. The SMILES string of the molecule is COc1cc2nccc(Oc3ccc(CCC(=O)c4cn(C(C)C)nc(-c5ccc(F)cc5)c4=O)nc3)c2cc1OC. The van der Waals surface area contributed by atoms with Crippen LogP contribution < -0.4 is 19.6 Å². The zero-order valence-corrected chi connectivity index (χ0v) is 23.6. The first-order chi connectivity index (χ1) is 20.3. The van der Waals surface area contributed by atoms with Crippen LogP contribution in [0.15, 0.2) is 78.0 Å². The summed E-state index contributed by atoms with van der Waals surface area (Å²) in [6.45, 7) is 3.80. The molecule has 0 aliphatic carbocycles. The standard InChI is InChI=1S/C32H29FN4O5/c1-19(2)37-18-25(32(39)31(36-37)20-5-7-21(33)8-6-20)27(38)12-10-22-9-11-23(17-35-22)42-28-13-14-34-26-16-30(41-4)29(40-3)15-24(26)28/h5-9,11,13-19H,10,12H2,1-4H3. The Kier molecular flexibility index (Phi) is 8.24. The van der Waals surface area contributed by atoms with Crippen LogP contribution in [0, 0.1) is 5.82 Å². The summed E-state index contributed by atoms with van der Waals surface area (Å²) in [6.07, 6.45) is 5.10. The lowest BCUT2D eigenvalue weighted by molar-refractivity contribution is 0.0980. The summed E-state index contributed by atoms with van der Waals surface area (Å²) in [4.78, 5) is 35.3. The van der Waals surface area contributed by atoms with E-state index < -0.39 is 11.2 Å². The molecule has 0 radical (unpaired) electrons. The smallest absolute Gasteiger partial charge is 0.218 e. The van der Waals surface area contributed by atoms with E-state index in [9.17, 15) is 14.0 Å². The van der Waals surface area contributed by atoms with Gasteiger partial charge in [0, 0.05) is 47.6 Å². The molecule has 214 valence electrons. The molecule has 3 heterocycles. The molecule has 0 amide bonds. The molecule has 0 unspecified atom stereocenters. The van der Waals surface area contributed by atoms with Crippen molar-refractivity contribution in [2.24, 2.45) is 0 Å². The second kappa shape index (κ2) is 12.2. The van der Waals surface area contributed by atoms with Gasteiger partial charge in [-0.25, -0.2) is 4.39 Å². The Balaban J connectivity index is 1.32. The van der Waals surface area contributed by atoms with Gasteiger partial charge < -0.3 is 14.2 Å². The van der Waals surface area contributed by atoms with Crippen LogP contribution in [0.5, 0.6) is 23.0 Å². The van der Waals surface area contributed by atoms with Gasteiger partial charge in [0.15, 0.2) is 17.3 Å². The summed E-state index contributed by atoms with van der Waals surface area (Å²) in [6, 6.07) is 14.3. The van der Waals surface area contributed by atoms with Gasteiger partial charge in [-0.15, -0.1) is 0 Å². The number of benzene rings is 2. The van der Waals surface area contributed by atoms with E-state index >= 15 is 0 Å². The molecule has 0 saturated carbocycles. The molecule has 10 heteroatoms. The number of aromatic nitrogens is 4. The highest BCUT2D eigenvalue weighted by molar-refractivity contribution is 5.96. The van der Waals surface area contributed by atoms with E-state index in [1.54, 1.807) is 61.6 Å². The number of rotatable bonds is 10. The Morgan fingerprint density at radius 1 is 0.952 bits per heavy atom. The molecule has 0 bridgehead atoms. The molecule has 0 N–H and O–H groups in total. The number of hydrogen-bond donors (Lipinski definition) is 0. The highest BCUT2D eigenvalue weighted by Gasteiger charge is 2.19. The van der Waals surface area contributed by atoms with Crippen molar-refractivity contribution in [2.45, 2.75) is 32.7 Å². The topological polar surface area (TPSA) is 105 Å². The predicted molar refractivity (Wildman–Crippen MR) is 156 cm³/mol. The van der Waals surface area contributed by atoms with Gasteiger partial charge in [0.05, 0.1) is 31.5 Å². The lowest BCUT2D eigenvalue weighted by atomic mass is 10.0. The number of methoxy groups -OCH3 is 2. The zero-order chi connectivity index (χ0) is 29.8. The number of carbonyl (C=O) groups excluding carboxylic acids is 1. The van der Waals surface area contributed by atoms with E-state index in [2.05, 4.69) is 15.1 Å². The number of fused-ring (bicyclic) bond motifs is 1.